The van der Waals surface area contributed by atoms with E-state index in [2.05, 4.69) is 31.2 Å². The number of nitrogens with zero attached hydrogens (tertiary/aromatic N) is 3. The number of rotatable bonds is 13. The lowest BCUT2D eigenvalue weighted by molar-refractivity contribution is -0.146. The average Bonchev–Trinajstić information content (AvgIpc) is 3.65. The van der Waals surface area contributed by atoms with Gasteiger partial charge in [-0.1, -0.05) is 59.8 Å². The summed E-state index contributed by atoms with van der Waals surface area (Å²) in [4.78, 5) is 78.5. The lowest BCUT2D eigenvalue weighted by Gasteiger charge is -2.38. The molecule has 0 spiro atoms. The van der Waals surface area contributed by atoms with Gasteiger partial charge in [0.15, 0.2) is 6.10 Å². The fourth-order valence-electron chi connectivity index (χ4n) is 8.00. The fourth-order valence-corrected chi connectivity index (χ4v) is 8.00. The number of aliphatic hydroxyl groups is 1. The second-order valence-corrected chi connectivity index (χ2v) is 15.7. The van der Waals surface area contributed by atoms with E-state index in [9.17, 15) is 29.1 Å². The summed E-state index contributed by atoms with van der Waals surface area (Å²) in [6.07, 6.45) is 12.8. The molecule has 1 aromatic rings. The Labute approximate surface area is 289 Å². The summed E-state index contributed by atoms with van der Waals surface area (Å²) in [5.41, 5.74) is -0.618. The first-order valence-electron chi connectivity index (χ1n) is 18.4. The van der Waals surface area contributed by atoms with Gasteiger partial charge in [-0.25, -0.2) is 4.98 Å². The second-order valence-electron chi connectivity index (χ2n) is 15.7. The maximum absolute atomic E-state index is 14.6. The van der Waals surface area contributed by atoms with E-state index in [4.69, 9.17) is 0 Å². The van der Waals surface area contributed by atoms with E-state index < -0.39 is 53.4 Å². The minimum Gasteiger partial charge on any atom is -0.381 e. The van der Waals surface area contributed by atoms with Crippen molar-refractivity contribution in [1.29, 1.82) is 0 Å². The van der Waals surface area contributed by atoms with Crippen molar-refractivity contribution in [3.63, 3.8) is 0 Å². The van der Waals surface area contributed by atoms with E-state index in [1.807, 2.05) is 27.7 Å². The Morgan fingerprint density at radius 2 is 1.65 bits per heavy atom. The normalized spacial score (nSPS) is 25.0. The molecule has 1 aliphatic heterocycles. The topological polar surface area (TPSA) is 183 Å². The number of aromatic nitrogens is 2. The molecule has 13 heteroatoms. The highest BCUT2D eigenvalue weighted by atomic mass is 16.3. The number of aliphatic hydroxyl groups excluding tert-OH is 1. The van der Waals surface area contributed by atoms with Crippen molar-refractivity contribution < 1.29 is 29.1 Å². The van der Waals surface area contributed by atoms with Gasteiger partial charge in [0.25, 0.3) is 11.8 Å². The van der Waals surface area contributed by atoms with Crippen LogP contribution in [0.3, 0.4) is 0 Å². The summed E-state index contributed by atoms with van der Waals surface area (Å²) in [5.74, 6) is -2.18. The zero-order valence-electron chi connectivity index (χ0n) is 29.5. The maximum Gasteiger partial charge on any atom is 0.272 e. The van der Waals surface area contributed by atoms with Crippen LogP contribution in [0.2, 0.25) is 0 Å². The first-order chi connectivity index (χ1) is 23.4. The van der Waals surface area contributed by atoms with Crippen LogP contribution in [0.1, 0.15) is 115 Å². The van der Waals surface area contributed by atoms with Gasteiger partial charge in [-0.3, -0.25) is 29.0 Å². The van der Waals surface area contributed by atoms with E-state index in [0.29, 0.717) is 19.4 Å². The smallest absolute Gasteiger partial charge is 0.272 e. The maximum atomic E-state index is 14.6. The number of carbonyl (C=O) groups excluding carboxylic acids is 5. The third kappa shape index (κ3) is 8.95. The summed E-state index contributed by atoms with van der Waals surface area (Å²) in [5, 5.41) is 22.6. The van der Waals surface area contributed by atoms with Crippen molar-refractivity contribution in [2.24, 2.45) is 23.2 Å². The van der Waals surface area contributed by atoms with Gasteiger partial charge in [0.05, 0.1) is 12.2 Å². The molecular formula is C36H55N7O6. The number of hydrogen-bond donors (Lipinski definition) is 5. The first kappa shape index (κ1) is 36.7. The van der Waals surface area contributed by atoms with Gasteiger partial charge < -0.3 is 31.3 Å². The van der Waals surface area contributed by atoms with Crippen LogP contribution in [-0.4, -0.2) is 92.4 Å². The molecule has 0 radical (unpaired) electrons. The molecule has 5 amide bonds. The molecule has 1 saturated heterocycles. The minimum atomic E-state index is -1.40. The van der Waals surface area contributed by atoms with E-state index in [-0.39, 0.29) is 41.3 Å². The fraction of sp³-hybridized carbons (Fsp3) is 0.750. The van der Waals surface area contributed by atoms with Crippen molar-refractivity contribution in [2.45, 2.75) is 141 Å². The minimum absolute atomic E-state index is 0.0544. The highest BCUT2D eigenvalue weighted by Crippen LogP contribution is 2.43. The highest BCUT2D eigenvalue weighted by molar-refractivity contribution is 5.98. The van der Waals surface area contributed by atoms with Gasteiger partial charge in [-0.05, 0) is 68.1 Å². The Kier molecular flexibility index (Phi) is 11.9. The molecule has 2 heterocycles. The molecule has 3 aliphatic carbocycles. The largest absolute Gasteiger partial charge is 0.381 e. The lowest BCUT2D eigenvalue weighted by atomic mass is 9.82. The summed E-state index contributed by atoms with van der Waals surface area (Å²) >= 11 is 0. The monoisotopic (exact) mass is 681 g/mol. The van der Waals surface area contributed by atoms with Gasteiger partial charge in [-0.15, -0.1) is 0 Å². The Morgan fingerprint density at radius 1 is 0.918 bits per heavy atom. The van der Waals surface area contributed by atoms with Crippen LogP contribution in [0.5, 0.6) is 0 Å². The SMILES string of the molecule is CCCC(NC(=O)[C@@H]1[C@H]2CCC[C@H]2CN1C(=O)[C@@H](NC(=O)[C@H](NC(=O)c1cnccn1)C1CCCCC1)C(C)(C)C)C(O)C(=O)NC1CC1. The van der Waals surface area contributed by atoms with Crippen LogP contribution in [0.4, 0.5) is 0 Å². The third-order valence-corrected chi connectivity index (χ3v) is 10.8. The number of nitrogens with one attached hydrogen (secondary N) is 4. The number of carbonyl (C=O) groups is 5. The summed E-state index contributed by atoms with van der Waals surface area (Å²) in [7, 11) is 0. The number of amides is 5. The van der Waals surface area contributed by atoms with E-state index in [1.54, 1.807) is 4.90 Å². The molecular weight excluding hydrogens is 626 g/mol. The van der Waals surface area contributed by atoms with Gasteiger partial charge in [-0.2, -0.15) is 0 Å². The van der Waals surface area contributed by atoms with Crippen molar-refractivity contribution >= 4 is 29.5 Å². The van der Waals surface area contributed by atoms with E-state index in [0.717, 1.165) is 64.2 Å². The Bertz CT molecular complexity index is 1340. The molecule has 270 valence electrons. The predicted octanol–water partition coefficient (Wildman–Crippen LogP) is 2.24. The van der Waals surface area contributed by atoms with Crippen LogP contribution in [-0.2, 0) is 19.2 Å². The number of hydrogen-bond acceptors (Lipinski definition) is 8. The van der Waals surface area contributed by atoms with Crippen LogP contribution < -0.4 is 21.3 Å². The van der Waals surface area contributed by atoms with E-state index in [1.165, 1.54) is 18.6 Å². The van der Waals surface area contributed by atoms with Crippen LogP contribution in [0.15, 0.2) is 18.6 Å². The van der Waals surface area contributed by atoms with Crippen LogP contribution >= 0.6 is 0 Å². The molecule has 5 rings (SSSR count). The van der Waals surface area contributed by atoms with Gasteiger partial charge >= 0.3 is 0 Å². The number of fused-ring (bicyclic) bond motifs is 1. The molecule has 4 aliphatic rings. The summed E-state index contributed by atoms with van der Waals surface area (Å²) in [6, 6.07) is -3.35. The Balaban J connectivity index is 1.35. The van der Waals surface area contributed by atoms with E-state index >= 15 is 0 Å². The third-order valence-electron chi connectivity index (χ3n) is 10.8. The van der Waals surface area contributed by atoms with Crippen LogP contribution in [0.25, 0.3) is 0 Å². The average molecular weight is 682 g/mol. The molecule has 2 unspecified atom stereocenters. The predicted molar refractivity (Wildman–Crippen MR) is 182 cm³/mol. The molecule has 0 aromatic carbocycles. The summed E-state index contributed by atoms with van der Waals surface area (Å²) in [6.45, 7) is 7.95. The molecule has 13 nitrogen and oxygen atoms in total. The quantitative estimate of drug-likeness (QED) is 0.210. The molecule has 1 aromatic heterocycles. The molecule has 5 N–H and O–H groups in total. The zero-order chi connectivity index (χ0) is 35.3. The van der Waals surface area contributed by atoms with Gasteiger partial charge in [0.2, 0.25) is 17.7 Å². The van der Waals surface area contributed by atoms with Gasteiger partial charge in [0.1, 0.15) is 23.8 Å². The van der Waals surface area contributed by atoms with Crippen molar-refractivity contribution in [3.05, 3.63) is 24.3 Å². The number of likely N-dealkylation sites (tertiary alicyclic amines) is 1. The van der Waals surface area contributed by atoms with Crippen molar-refractivity contribution in [3.8, 4) is 0 Å². The summed E-state index contributed by atoms with van der Waals surface area (Å²) < 4.78 is 0. The van der Waals surface area contributed by atoms with Gasteiger partial charge in [0, 0.05) is 25.0 Å². The first-order valence-corrected chi connectivity index (χ1v) is 18.4. The molecule has 0 bridgehead atoms. The molecule has 49 heavy (non-hydrogen) atoms. The van der Waals surface area contributed by atoms with Crippen molar-refractivity contribution in [1.82, 2.24) is 36.1 Å². The molecule has 7 atom stereocenters. The molecule has 3 saturated carbocycles. The Morgan fingerprint density at radius 3 is 2.29 bits per heavy atom. The standard InChI is InChI=1S/C36H55N7O6/c1-5-10-25(29(44)34(48)39-23-15-16-23)40-33(47)28-24-14-9-13-22(24)20-43(28)35(49)30(36(2,3)4)42-32(46)27(21-11-7-6-8-12-21)41-31(45)26-19-37-17-18-38-26/h17-19,21-25,27-30,44H,5-16,20H2,1-4H3,(H,39,48)(H,40,47)(H,41,45)(H,42,46)/t22-,24-,25?,27+,28-,29?,30+/m0/s1. The Hall–Kier alpha value is -3.61. The van der Waals surface area contributed by atoms with Crippen LogP contribution in [0, 0.1) is 23.2 Å². The lowest BCUT2D eigenvalue weighted by Crippen LogP contribution is -2.62. The zero-order valence-corrected chi connectivity index (χ0v) is 29.5. The second kappa shape index (κ2) is 15.9. The molecule has 4 fully saturated rings. The highest BCUT2D eigenvalue weighted by Gasteiger charge is 2.52. The van der Waals surface area contributed by atoms with Crippen molar-refractivity contribution in [2.75, 3.05) is 6.54 Å².